The van der Waals surface area contributed by atoms with Crippen molar-refractivity contribution < 1.29 is 0 Å². The molecule has 0 saturated carbocycles. The number of nitrogens with two attached hydrogens (primary N) is 1. The van der Waals surface area contributed by atoms with Crippen LogP contribution < -0.4 is 5.73 Å². The Hall–Kier alpha value is -0.570. The Morgan fingerprint density at radius 1 is 1.50 bits per heavy atom. The summed E-state index contributed by atoms with van der Waals surface area (Å²) in [6, 6.07) is 0.692. The van der Waals surface area contributed by atoms with E-state index in [0.717, 1.165) is 13.0 Å². The smallest absolute Gasteiger partial charge is 0.0949 e. The van der Waals surface area contributed by atoms with Gasteiger partial charge >= 0.3 is 0 Å². The monoisotopic (exact) mass is 197 g/mol. The van der Waals surface area contributed by atoms with Crippen LogP contribution in [0.15, 0.2) is 0 Å². The summed E-state index contributed by atoms with van der Waals surface area (Å²) in [5, 5.41) is 7.49. The van der Waals surface area contributed by atoms with Crippen molar-refractivity contribution >= 4 is 5.84 Å². The van der Waals surface area contributed by atoms with Gasteiger partial charge in [0.05, 0.1) is 5.84 Å². The Balaban J connectivity index is 2.50. The largest absolute Gasteiger partial charge is 0.387 e. The first-order valence-corrected chi connectivity index (χ1v) is 5.77. The quantitative estimate of drug-likeness (QED) is 0.533. The minimum Gasteiger partial charge on any atom is -0.387 e. The predicted molar refractivity (Wildman–Crippen MR) is 60.6 cm³/mol. The van der Waals surface area contributed by atoms with E-state index >= 15 is 0 Å². The van der Waals surface area contributed by atoms with Gasteiger partial charge in [0.15, 0.2) is 0 Å². The third kappa shape index (κ3) is 2.71. The van der Waals surface area contributed by atoms with Gasteiger partial charge in [-0.1, -0.05) is 13.8 Å². The van der Waals surface area contributed by atoms with Gasteiger partial charge in [0.1, 0.15) is 0 Å². The molecule has 0 aliphatic carbocycles. The van der Waals surface area contributed by atoms with Gasteiger partial charge in [0.25, 0.3) is 0 Å². The van der Waals surface area contributed by atoms with Crippen molar-refractivity contribution in [2.45, 2.75) is 45.6 Å². The zero-order valence-corrected chi connectivity index (χ0v) is 9.42. The van der Waals surface area contributed by atoms with Gasteiger partial charge in [-0.25, -0.2) is 0 Å². The van der Waals surface area contributed by atoms with Gasteiger partial charge in [-0.2, -0.15) is 0 Å². The molecule has 3 nitrogen and oxygen atoms in total. The molecular weight excluding hydrogens is 174 g/mol. The third-order valence-corrected chi connectivity index (χ3v) is 3.35. The molecule has 1 saturated heterocycles. The summed E-state index contributed by atoms with van der Waals surface area (Å²) in [5.41, 5.74) is 5.57. The molecule has 0 aromatic carbocycles. The fourth-order valence-corrected chi connectivity index (χ4v) is 2.40. The number of amidine groups is 1. The lowest BCUT2D eigenvalue weighted by Gasteiger charge is -2.37. The molecule has 0 aromatic rings. The SMILES string of the molecule is CCC(CC)N1CCCC(C(=N)N)C1. The van der Waals surface area contributed by atoms with E-state index in [4.69, 9.17) is 11.1 Å². The zero-order valence-electron chi connectivity index (χ0n) is 9.42. The molecule has 0 aromatic heterocycles. The maximum atomic E-state index is 7.49. The molecule has 3 N–H and O–H groups in total. The van der Waals surface area contributed by atoms with Crippen LogP contribution in [-0.4, -0.2) is 29.9 Å². The summed E-state index contributed by atoms with van der Waals surface area (Å²) in [5.74, 6) is 0.685. The fourth-order valence-electron chi connectivity index (χ4n) is 2.40. The Morgan fingerprint density at radius 3 is 2.64 bits per heavy atom. The minimum absolute atomic E-state index is 0.310. The van der Waals surface area contributed by atoms with Crippen LogP contribution in [-0.2, 0) is 0 Å². The summed E-state index contributed by atoms with van der Waals surface area (Å²) < 4.78 is 0. The molecule has 1 fully saturated rings. The minimum atomic E-state index is 0.310. The summed E-state index contributed by atoms with van der Waals surface area (Å²) in [4.78, 5) is 2.51. The summed E-state index contributed by atoms with van der Waals surface area (Å²) in [6.45, 7) is 6.68. The van der Waals surface area contributed by atoms with Crippen molar-refractivity contribution in [3.8, 4) is 0 Å². The van der Waals surface area contributed by atoms with Crippen LogP contribution in [0, 0.1) is 11.3 Å². The standard InChI is InChI=1S/C11H23N3/c1-3-10(4-2)14-7-5-6-9(8-14)11(12)13/h9-10H,3-8H2,1-2H3,(H3,12,13). The van der Waals surface area contributed by atoms with E-state index in [1.165, 1.54) is 25.8 Å². The van der Waals surface area contributed by atoms with E-state index in [-0.39, 0.29) is 0 Å². The lowest BCUT2D eigenvalue weighted by Crippen LogP contribution is -2.45. The molecule has 14 heavy (non-hydrogen) atoms. The molecule has 0 spiro atoms. The Labute approximate surface area is 87.2 Å². The first-order chi connectivity index (χ1) is 6.69. The number of rotatable bonds is 4. The molecule has 0 amide bonds. The summed E-state index contributed by atoms with van der Waals surface area (Å²) in [7, 11) is 0. The summed E-state index contributed by atoms with van der Waals surface area (Å²) in [6.07, 6.45) is 4.72. The van der Waals surface area contributed by atoms with Crippen molar-refractivity contribution in [2.75, 3.05) is 13.1 Å². The van der Waals surface area contributed by atoms with E-state index in [1.807, 2.05) is 0 Å². The number of hydrogen-bond donors (Lipinski definition) is 2. The average molecular weight is 197 g/mol. The molecule has 0 radical (unpaired) electrons. The number of nitrogens with zero attached hydrogens (tertiary/aromatic N) is 1. The number of nitrogens with one attached hydrogen (secondary N) is 1. The van der Waals surface area contributed by atoms with Crippen LogP contribution in [0.25, 0.3) is 0 Å². The van der Waals surface area contributed by atoms with Gasteiger partial charge in [0.2, 0.25) is 0 Å². The van der Waals surface area contributed by atoms with Crippen LogP contribution in [0.2, 0.25) is 0 Å². The van der Waals surface area contributed by atoms with E-state index in [9.17, 15) is 0 Å². The van der Waals surface area contributed by atoms with E-state index in [1.54, 1.807) is 0 Å². The number of piperidine rings is 1. The van der Waals surface area contributed by atoms with E-state index in [0.29, 0.717) is 17.8 Å². The van der Waals surface area contributed by atoms with Gasteiger partial charge in [0, 0.05) is 18.5 Å². The molecule has 1 aliphatic heterocycles. The van der Waals surface area contributed by atoms with Crippen LogP contribution in [0.1, 0.15) is 39.5 Å². The fraction of sp³-hybridized carbons (Fsp3) is 0.909. The highest BCUT2D eigenvalue weighted by Gasteiger charge is 2.25. The van der Waals surface area contributed by atoms with E-state index in [2.05, 4.69) is 18.7 Å². The Morgan fingerprint density at radius 2 is 2.14 bits per heavy atom. The average Bonchev–Trinajstić information content (AvgIpc) is 2.20. The third-order valence-electron chi connectivity index (χ3n) is 3.35. The molecule has 82 valence electrons. The maximum absolute atomic E-state index is 7.49. The highest BCUT2D eigenvalue weighted by molar-refractivity contribution is 5.79. The van der Waals surface area contributed by atoms with E-state index < -0.39 is 0 Å². The van der Waals surface area contributed by atoms with Gasteiger partial charge in [-0.05, 0) is 32.2 Å². The predicted octanol–water partition coefficient (Wildman–Crippen LogP) is 1.82. The lowest BCUT2D eigenvalue weighted by atomic mass is 9.95. The second-order valence-corrected chi connectivity index (χ2v) is 4.26. The lowest BCUT2D eigenvalue weighted by molar-refractivity contribution is 0.137. The van der Waals surface area contributed by atoms with Crippen molar-refractivity contribution in [3.05, 3.63) is 0 Å². The first-order valence-electron chi connectivity index (χ1n) is 5.77. The topological polar surface area (TPSA) is 53.1 Å². The molecule has 1 atom stereocenters. The molecule has 1 unspecified atom stereocenters. The first kappa shape index (κ1) is 11.5. The van der Waals surface area contributed by atoms with Crippen molar-refractivity contribution in [1.29, 1.82) is 5.41 Å². The number of likely N-dealkylation sites (tertiary alicyclic amines) is 1. The Kier molecular flexibility index (Phi) is 4.39. The number of hydrogen-bond acceptors (Lipinski definition) is 2. The van der Waals surface area contributed by atoms with Crippen LogP contribution in [0.5, 0.6) is 0 Å². The van der Waals surface area contributed by atoms with Crippen molar-refractivity contribution in [1.82, 2.24) is 4.90 Å². The second-order valence-electron chi connectivity index (χ2n) is 4.26. The van der Waals surface area contributed by atoms with Crippen LogP contribution in [0.3, 0.4) is 0 Å². The van der Waals surface area contributed by atoms with Gasteiger partial charge in [-0.3, -0.25) is 10.3 Å². The normalized spacial score (nSPS) is 24.1. The van der Waals surface area contributed by atoms with Crippen LogP contribution >= 0.6 is 0 Å². The molecule has 0 bridgehead atoms. The van der Waals surface area contributed by atoms with Gasteiger partial charge in [-0.15, -0.1) is 0 Å². The molecule has 1 aliphatic rings. The summed E-state index contributed by atoms with van der Waals surface area (Å²) >= 11 is 0. The zero-order chi connectivity index (χ0) is 10.6. The van der Waals surface area contributed by atoms with Crippen molar-refractivity contribution in [2.24, 2.45) is 11.7 Å². The molecule has 1 rings (SSSR count). The van der Waals surface area contributed by atoms with Gasteiger partial charge < -0.3 is 5.73 Å². The second kappa shape index (κ2) is 5.35. The highest BCUT2D eigenvalue weighted by Crippen LogP contribution is 2.20. The molecule has 3 heteroatoms. The maximum Gasteiger partial charge on any atom is 0.0949 e. The highest BCUT2D eigenvalue weighted by atomic mass is 15.2. The van der Waals surface area contributed by atoms with Crippen molar-refractivity contribution in [3.63, 3.8) is 0 Å². The Bertz CT molecular complexity index is 187. The molecule has 1 heterocycles. The van der Waals surface area contributed by atoms with Crippen LogP contribution in [0.4, 0.5) is 0 Å². The molecular formula is C11H23N3.